The third kappa shape index (κ3) is 2100. The van der Waals surface area contributed by atoms with E-state index in [1.54, 1.807) is 0 Å². The molecule has 0 fully saturated rings. The van der Waals surface area contributed by atoms with E-state index in [0.29, 0.717) is 0 Å². The summed E-state index contributed by atoms with van der Waals surface area (Å²) in [7, 11) is -10.2. The third-order valence-electron chi connectivity index (χ3n) is 0. The summed E-state index contributed by atoms with van der Waals surface area (Å²) < 4.78 is 58.7. The van der Waals surface area contributed by atoms with Crippen LogP contribution in [0, 0.1) is 35.6 Å². The van der Waals surface area contributed by atoms with Gasteiger partial charge in [0.25, 0.3) is 0 Å². The summed E-state index contributed by atoms with van der Waals surface area (Å²) in [6.45, 7) is 0. The maximum atomic E-state index is 9.78. The smallest absolute Gasteiger partial charge is 0.824 e. The van der Waals surface area contributed by atoms with Crippen molar-refractivity contribution >= 4 is 22.4 Å². The average Bonchev–Trinajstić information content (AvgIpc) is 1.54. The molecule has 0 spiro atoms. The summed E-state index contributed by atoms with van der Waals surface area (Å²) >= 11 is 0. The van der Waals surface area contributed by atoms with Crippen molar-refractivity contribution in [1.82, 2.24) is 0 Å². The van der Waals surface area contributed by atoms with Crippen LogP contribution in [0.3, 0.4) is 0 Å². The van der Waals surface area contributed by atoms with Gasteiger partial charge in [-0.25, -0.2) is 0 Å². The topological polar surface area (TPSA) is 69.2 Å². The van der Waals surface area contributed by atoms with Gasteiger partial charge in [-0.2, -0.15) is 0 Å². The first-order chi connectivity index (χ1) is 5.20. The molecule has 0 heterocycles. The van der Waals surface area contributed by atoms with Gasteiger partial charge in [-0.3, -0.25) is 0 Å². The molecule has 13 heteroatoms. The van der Waals surface area contributed by atoms with E-state index in [4.69, 9.17) is 15.1 Å². The molecule has 0 amide bonds. The summed E-state index contributed by atoms with van der Waals surface area (Å²) in [4.78, 5) is 0. The van der Waals surface area contributed by atoms with Gasteiger partial charge in [-0.1, -0.05) is 0 Å². The van der Waals surface area contributed by atoms with Crippen LogP contribution in [0.1, 0.15) is 0 Å². The standard InChI is InChI=1S/3BF2O.La/c3*2-1(3)4;/q3*-1;+3. The predicted octanol–water partition coefficient (Wildman–Crippen LogP) is -2.19. The van der Waals surface area contributed by atoms with E-state index in [1.165, 1.54) is 0 Å². The molecule has 0 atom stereocenters. The summed E-state index contributed by atoms with van der Waals surface area (Å²) in [6.07, 6.45) is 0. The van der Waals surface area contributed by atoms with Crippen molar-refractivity contribution in [2.24, 2.45) is 0 Å². The van der Waals surface area contributed by atoms with Crippen molar-refractivity contribution in [3.63, 3.8) is 0 Å². The molecule has 0 aromatic rings. The SMILES string of the molecule is [La+3].[O-]B(F)F.[O-]B(F)F.[O-]B(F)F. The Labute approximate surface area is 98.7 Å². The van der Waals surface area contributed by atoms with Crippen molar-refractivity contribution in [2.45, 2.75) is 0 Å². The fourth-order valence-electron chi connectivity index (χ4n) is 0. The fourth-order valence-corrected chi connectivity index (χ4v) is 0. The van der Waals surface area contributed by atoms with Gasteiger partial charge in [0.2, 0.25) is 0 Å². The second-order valence-electron chi connectivity index (χ2n) is 0.782. The first kappa shape index (κ1) is 23.6. The quantitative estimate of drug-likeness (QED) is 0.374. The molecule has 3 nitrogen and oxygen atoms in total. The van der Waals surface area contributed by atoms with Crippen LogP contribution in [-0.2, 0) is 0 Å². The average molecular weight is 333 g/mol. The molecule has 13 heavy (non-hydrogen) atoms. The van der Waals surface area contributed by atoms with Crippen molar-refractivity contribution in [1.29, 1.82) is 0 Å². The molecule has 0 saturated heterocycles. The van der Waals surface area contributed by atoms with Crippen molar-refractivity contribution < 1.29 is 76.6 Å². The van der Waals surface area contributed by atoms with Crippen LogP contribution in [-0.4, -0.2) is 22.4 Å². The minimum absolute atomic E-state index is 0. The Bertz CT molecular complexity index is 51.6. The molecule has 0 saturated carbocycles. The van der Waals surface area contributed by atoms with E-state index < -0.39 is 22.4 Å². The zero-order valence-electron chi connectivity index (χ0n) is 5.80. The van der Waals surface area contributed by atoms with E-state index in [0.717, 1.165) is 0 Å². The Kier molecular flexibility index (Phi) is 33.7. The maximum Gasteiger partial charge on any atom is 3.00 e. The number of rotatable bonds is 0. The van der Waals surface area contributed by atoms with Gasteiger partial charge >= 0.3 is 58.0 Å². The van der Waals surface area contributed by atoms with E-state index in [-0.39, 0.29) is 35.6 Å². The van der Waals surface area contributed by atoms with E-state index >= 15 is 0 Å². The van der Waals surface area contributed by atoms with Crippen LogP contribution >= 0.6 is 0 Å². The van der Waals surface area contributed by atoms with E-state index in [2.05, 4.69) is 0 Å². The summed E-state index contributed by atoms with van der Waals surface area (Å²) in [5.74, 6) is 0. The van der Waals surface area contributed by atoms with Gasteiger partial charge in [0, 0.05) is 0 Å². The summed E-state index contributed by atoms with van der Waals surface area (Å²) in [6, 6.07) is 0. The first-order valence-electron chi connectivity index (χ1n) is 2.02. The van der Waals surface area contributed by atoms with Crippen molar-refractivity contribution in [3.05, 3.63) is 0 Å². The number of hydrogen-bond acceptors (Lipinski definition) is 3. The second-order valence-corrected chi connectivity index (χ2v) is 0.782. The summed E-state index contributed by atoms with van der Waals surface area (Å²) in [5, 5.41) is 24.6. The van der Waals surface area contributed by atoms with Crippen LogP contribution in [0.15, 0.2) is 0 Å². The normalized spacial score (nSPS) is 6.23. The molecule has 0 aliphatic carbocycles. The number of hydrogen-bond donors (Lipinski definition) is 0. The van der Waals surface area contributed by atoms with Gasteiger partial charge in [0.1, 0.15) is 0 Å². The molecule has 72 valence electrons. The Morgan fingerprint density at radius 3 is 0.538 bits per heavy atom. The molecule has 0 bridgehead atoms. The largest absolute Gasteiger partial charge is 3.00 e. The fraction of sp³-hybridized carbons (Fsp3) is 0. The van der Waals surface area contributed by atoms with E-state index in [9.17, 15) is 25.9 Å². The monoisotopic (exact) mass is 334 g/mol. The molecule has 0 radical (unpaired) electrons. The van der Waals surface area contributed by atoms with Crippen LogP contribution < -0.4 is 15.1 Å². The molecular weight excluding hydrogens is 333 g/mol. The number of halogens is 6. The molecule has 0 aliphatic rings. The van der Waals surface area contributed by atoms with Gasteiger partial charge in [-0.05, 0) is 0 Å². The molecule has 0 unspecified atom stereocenters. The Morgan fingerprint density at radius 1 is 0.538 bits per heavy atom. The van der Waals surface area contributed by atoms with Gasteiger partial charge in [0.15, 0.2) is 0 Å². The minimum Gasteiger partial charge on any atom is -0.824 e. The first-order valence-corrected chi connectivity index (χ1v) is 2.02. The van der Waals surface area contributed by atoms with Gasteiger partial charge < -0.3 is 41.0 Å². The third-order valence-corrected chi connectivity index (χ3v) is 0. The zero-order chi connectivity index (χ0) is 10.7. The second kappa shape index (κ2) is 18.6. The summed E-state index contributed by atoms with van der Waals surface area (Å²) in [5.41, 5.74) is 0. The molecule has 0 N–H and O–H groups in total. The Morgan fingerprint density at radius 2 is 0.538 bits per heavy atom. The van der Waals surface area contributed by atoms with Crippen LogP contribution in [0.5, 0.6) is 0 Å². The van der Waals surface area contributed by atoms with Gasteiger partial charge in [0.05, 0.1) is 0 Å². The van der Waals surface area contributed by atoms with Crippen molar-refractivity contribution in [2.75, 3.05) is 0 Å². The van der Waals surface area contributed by atoms with Crippen molar-refractivity contribution in [3.8, 4) is 0 Å². The molecular formula is B3F6LaO3. The maximum absolute atomic E-state index is 9.78. The Hall–Kier alpha value is 0.850. The predicted molar refractivity (Wildman–Crippen MR) is 23.9 cm³/mol. The molecule has 0 rings (SSSR count). The zero-order valence-corrected chi connectivity index (χ0v) is 9.43. The molecule has 0 aromatic heterocycles. The molecule has 0 aliphatic heterocycles. The minimum atomic E-state index is -3.42. The van der Waals surface area contributed by atoms with Gasteiger partial charge in [-0.15, -0.1) is 0 Å². The van der Waals surface area contributed by atoms with Crippen LogP contribution in [0.25, 0.3) is 0 Å². The molecule has 0 aromatic carbocycles. The Balaban J connectivity index is -0.0000000450. The van der Waals surface area contributed by atoms with Crippen LogP contribution in [0.2, 0.25) is 0 Å². The van der Waals surface area contributed by atoms with Crippen LogP contribution in [0.4, 0.5) is 25.9 Å². The van der Waals surface area contributed by atoms with E-state index in [1.807, 2.05) is 0 Å².